The van der Waals surface area contributed by atoms with Crippen molar-refractivity contribution < 1.29 is 9.53 Å². The lowest BCUT2D eigenvalue weighted by Gasteiger charge is -2.32. The van der Waals surface area contributed by atoms with Crippen molar-refractivity contribution in [1.29, 1.82) is 0 Å². The van der Waals surface area contributed by atoms with Crippen LogP contribution in [0.4, 0.5) is 5.69 Å². The number of carbonyl (C=O) groups excluding carboxylic acids is 1. The number of hydrogen-bond acceptors (Lipinski definition) is 5. The average molecular weight is 430 g/mol. The van der Waals surface area contributed by atoms with Crippen molar-refractivity contribution in [2.45, 2.75) is 19.0 Å². The molecule has 2 N–H and O–H groups in total. The molecule has 1 amide bonds. The van der Waals surface area contributed by atoms with Gasteiger partial charge < -0.3 is 15.4 Å². The molecule has 3 rings (SSSR count). The Morgan fingerprint density at radius 3 is 2.32 bits per heavy atom. The van der Waals surface area contributed by atoms with E-state index in [-0.39, 0.29) is 30.7 Å². The molecular formula is C19H29Cl2N5O2. The van der Waals surface area contributed by atoms with Crippen molar-refractivity contribution in [3.8, 4) is 0 Å². The number of amides is 1. The van der Waals surface area contributed by atoms with Crippen LogP contribution in [-0.2, 0) is 16.6 Å². The third-order valence-electron chi connectivity index (χ3n) is 4.86. The van der Waals surface area contributed by atoms with Crippen molar-refractivity contribution in [3.63, 3.8) is 0 Å². The number of ether oxygens (including phenoxy) is 1. The second kappa shape index (κ2) is 11.4. The van der Waals surface area contributed by atoms with Crippen LogP contribution < -0.4 is 10.6 Å². The first-order chi connectivity index (χ1) is 12.6. The zero-order chi connectivity index (χ0) is 18.5. The van der Waals surface area contributed by atoms with Crippen molar-refractivity contribution in [2.24, 2.45) is 7.05 Å². The number of rotatable bonds is 6. The fourth-order valence-electron chi connectivity index (χ4n) is 3.27. The van der Waals surface area contributed by atoms with Crippen LogP contribution in [0.5, 0.6) is 0 Å². The highest BCUT2D eigenvalue weighted by atomic mass is 35.5. The summed E-state index contributed by atoms with van der Waals surface area (Å²) in [6.07, 6.45) is 3.54. The summed E-state index contributed by atoms with van der Waals surface area (Å²) in [5.41, 5.74) is 2.87. The average Bonchev–Trinajstić information content (AvgIpc) is 3.09. The molecule has 2 aromatic rings. The number of aryl methyl sites for hydroxylation is 1. The fraction of sp³-hybridized carbons (Fsp3) is 0.474. The van der Waals surface area contributed by atoms with E-state index in [9.17, 15) is 4.79 Å². The summed E-state index contributed by atoms with van der Waals surface area (Å²) in [4.78, 5) is 15.0. The fourth-order valence-corrected chi connectivity index (χ4v) is 3.27. The Labute approximate surface area is 178 Å². The molecule has 156 valence electrons. The van der Waals surface area contributed by atoms with Crippen LogP contribution >= 0.6 is 24.8 Å². The van der Waals surface area contributed by atoms with Crippen molar-refractivity contribution in [3.05, 3.63) is 47.8 Å². The maximum Gasteiger partial charge on any atom is 0.246 e. The van der Waals surface area contributed by atoms with Gasteiger partial charge in [-0.05, 0) is 31.7 Å². The normalized spacial score (nSPS) is 16.4. The first-order valence-electron chi connectivity index (χ1n) is 8.97. The highest BCUT2D eigenvalue weighted by Gasteiger charge is 2.21. The summed E-state index contributed by atoms with van der Waals surface area (Å²) in [6, 6.07) is 7.97. The number of nitrogens with zero attached hydrogens (tertiary/aromatic N) is 3. The minimum absolute atomic E-state index is 0. The number of nitrogens with one attached hydrogen (secondary N) is 2. The first-order valence-corrected chi connectivity index (χ1v) is 8.97. The Morgan fingerprint density at radius 1 is 1.14 bits per heavy atom. The topological polar surface area (TPSA) is 71.4 Å². The number of likely N-dealkylation sites (N-methyl/N-ethyl adjacent to an activating group) is 1. The molecule has 0 spiro atoms. The molecule has 1 aromatic heterocycles. The summed E-state index contributed by atoms with van der Waals surface area (Å²) in [7, 11) is 3.60. The van der Waals surface area contributed by atoms with Crippen LogP contribution in [-0.4, -0.2) is 53.9 Å². The zero-order valence-corrected chi connectivity index (χ0v) is 18.1. The Balaban J connectivity index is 0.00000196. The molecule has 2 heterocycles. The van der Waals surface area contributed by atoms with Gasteiger partial charge in [-0.3, -0.25) is 14.4 Å². The first kappa shape index (κ1) is 24.4. The van der Waals surface area contributed by atoms with E-state index in [2.05, 4.69) is 39.7 Å². The van der Waals surface area contributed by atoms with E-state index in [1.807, 2.05) is 25.4 Å². The van der Waals surface area contributed by atoms with Gasteiger partial charge in [-0.2, -0.15) is 5.10 Å². The Hall–Kier alpha value is -1.64. The van der Waals surface area contributed by atoms with Crippen molar-refractivity contribution in [1.82, 2.24) is 20.0 Å². The third-order valence-corrected chi connectivity index (χ3v) is 4.86. The molecule has 2 atom stereocenters. The molecule has 7 nitrogen and oxygen atoms in total. The van der Waals surface area contributed by atoms with E-state index in [0.717, 1.165) is 37.6 Å². The maximum atomic E-state index is 12.6. The van der Waals surface area contributed by atoms with Gasteiger partial charge in [0.1, 0.15) is 6.04 Å². The molecule has 0 aliphatic carbocycles. The molecule has 0 bridgehead atoms. The number of hydrogen-bond donors (Lipinski definition) is 2. The number of benzene rings is 1. The van der Waals surface area contributed by atoms with Crippen LogP contribution in [0.2, 0.25) is 0 Å². The van der Waals surface area contributed by atoms with Crippen LogP contribution in [0.25, 0.3) is 0 Å². The van der Waals surface area contributed by atoms with Gasteiger partial charge in [0, 0.05) is 43.6 Å². The molecule has 0 radical (unpaired) electrons. The number of carbonyl (C=O) groups is 1. The third kappa shape index (κ3) is 5.93. The van der Waals surface area contributed by atoms with Crippen LogP contribution in [0, 0.1) is 0 Å². The van der Waals surface area contributed by atoms with Crippen LogP contribution in [0.3, 0.4) is 0 Å². The second-order valence-electron chi connectivity index (χ2n) is 6.60. The van der Waals surface area contributed by atoms with E-state index in [1.165, 1.54) is 5.56 Å². The number of halogens is 2. The molecule has 1 fully saturated rings. The number of anilines is 1. The molecule has 0 saturated carbocycles. The van der Waals surface area contributed by atoms with Crippen molar-refractivity contribution >= 4 is 36.4 Å². The van der Waals surface area contributed by atoms with Crippen LogP contribution in [0.15, 0.2) is 36.7 Å². The minimum atomic E-state index is -0.435. The van der Waals surface area contributed by atoms with Gasteiger partial charge in [0.15, 0.2) is 0 Å². The number of aromatic nitrogens is 2. The molecule has 1 aliphatic heterocycles. The van der Waals surface area contributed by atoms with Gasteiger partial charge in [0.25, 0.3) is 0 Å². The Morgan fingerprint density at radius 2 is 1.79 bits per heavy atom. The van der Waals surface area contributed by atoms with Gasteiger partial charge in [-0.1, -0.05) is 12.1 Å². The predicted molar refractivity (Wildman–Crippen MR) is 115 cm³/mol. The van der Waals surface area contributed by atoms with E-state index < -0.39 is 6.04 Å². The zero-order valence-electron chi connectivity index (χ0n) is 16.4. The molecule has 1 aromatic carbocycles. The van der Waals surface area contributed by atoms with Gasteiger partial charge in [0.2, 0.25) is 5.91 Å². The maximum absolute atomic E-state index is 12.6. The Bertz CT molecular complexity index is 732. The molecule has 1 aliphatic rings. The van der Waals surface area contributed by atoms with Crippen LogP contribution in [0.1, 0.15) is 30.1 Å². The Kier molecular flexibility index (Phi) is 9.92. The summed E-state index contributed by atoms with van der Waals surface area (Å²) >= 11 is 0. The molecule has 2 unspecified atom stereocenters. The minimum Gasteiger partial charge on any atom is -0.379 e. The smallest absolute Gasteiger partial charge is 0.246 e. The summed E-state index contributed by atoms with van der Waals surface area (Å²) in [6.45, 7) is 5.69. The van der Waals surface area contributed by atoms with Gasteiger partial charge in [0.05, 0.1) is 19.4 Å². The van der Waals surface area contributed by atoms with E-state index >= 15 is 0 Å². The lowest BCUT2D eigenvalue weighted by molar-refractivity contribution is -0.118. The second-order valence-corrected chi connectivity index (χ2v) is 6.60. The molecule has 9 heteroatoms. The van der Waals surface area contributed by atoms with Gasteiger partial charge >= 0.3 is 0 Å². The van der Waals surface area contributed by atoms with Gasteiger partial charge in [-0.15, -0.1) is 24.8 Å². The lowest BCUT2D eigenvalue weighted by atomic mass is 10.1. The molecule has 1 saturated heterocycles. The number of morpholine rings is 1. The summed E-state index contributed by atoms with van der Waals surface area (Å²) in [5.74, 6) is -0.102. The highest BCUT2D eigenvalue weighted by Crippen LogP contribution is 2.23. The van der Waals surface area contributed by atoms with E-state index in [4.69, 9.17) is 4.74 Å². The SMILES string of the molecule is CNC(C(=O)Nc1ccc(C(C)N2CCOCC2)cc1)c1cnn(C)c1.Cl.Cl. The quantitative estimate of drug-likeness (QED) is 0.737. The van der Waals surface area contributed by atoms with Crippen molar-refractivity contribution in [2.75, 3.05) is 38.7 Å². The highest BCUT2D eigenvalue weighted by molar-refractivity contribution is 5.95. The van der Waals surface area contributed by atoms with Gasteiger partial charge in [-0.25, -0.2) is 0 Å². The monoisotopic (exact) mass is 429 g/mol. The largest absolute Gasteiger partial charge is 0.379 e. The molecular weight excluding hydrogens is 401 g/mol. The van der Waals surface area contributed by atoms with E-state index in [1.54, 1.807) is 17.9 Å². The predicted octanol–water partition coefficient (Wildman–Crippen LogP) is 2.56. The summed E-state index contributed by atoms with van der Waals surface area (Å²) in [5, 5.41) is 10.1. The van der Waals surface area contributed by atoms with E-state index in [0.29, 0.717) is 6.04 Å². The lowest BCUT2D eigenvalue weighted by Crippen LogP contribution is -2.38. The summed E-state index contributed by atoms with van der Waals surface area (Å²) < 4.78 is 7.11. The molecule has 28 heavy (non-hydrogen) atoms. The standard InChI is InChI=1S/C19H27N5O2.2ClH/c1-14(24-8-10-26-11-9-24)15-4-6-17(7-5-15)22-19(25)18(20-2)16-12-21-23(3)13-16;;/h4-7,12-14,18,20H,8-11H2,1-3H3,(H,22,25);2*1H.